The van der Waals surface area contributed by atoms with Crippen molar-refractivity contribution >= 4 is 23.4 Å². The molecule has 0 aliphatic heterocycles. The van der Waals surface area contributed by atoms with Gasteiger partial charge in [-0.25, -0.2) is 0 Å². The van der Waals surface area contributed by atoms with Gasteiger partial charge in [-0.15, -0.1) is 12.6 Å². The molecule has 1 aliphatic carbocycles. The lowest BCUT2D eigenvalue weighted by molar-refractivity contribution is 1.57. The van der Waals surface area contributed by atoms with Crippen LogP contribution in [0.4, 0.5) is 0 Å². The van der Waals surface area contributed by atoms with Crippen molar-refractivity contribution in [1.29, 1.82) is 0 Å². The molecule has 0 unspecified atom stereocenters. The van der Waals surface area contributed by atoms with Crippen molar-refractivity contribution in [2.24, 2.45) is 0 Å². The molecule has 3 aromatic carbocycles. The third-order valence-electron chi connectivity index (χ3n) is 3.53. The molecular formula is C16H10S. The van der Waals surface area contributed by atoms with Crippen LogP contribution in [0.3, 0.4) is 0 Å². The second-order valence-corrected chi connectivity index (χ2v) is 4.89. The lowest BCUT2D eigenvalue weighted by Gasteiger charge is -2.04. The van der Waals surface area contributed by atoms with Crippen molar-refractivity contribution in [3.05, 3.63) is 54.6 Å². The maximum absolute atomic E-state index is 4.55. The molecule has 3 aromatic rings. The van der Waals surface area contributed by atoms with E-state index in [0.29, 0.717) is 0 Å². The van der Waals surface area contributed by atoms with Gasteiger partial charge in [0, 0.05) is 4.90 Å². The van der Waals surface area contributed by atoms with Crippen LogP contribution < -0.4 is 0 Å². The van der Waals surface area contributed by atoms with Gasteiger partial charge in [-0.05, 0) is 39.1 Å². The van der Waals surface area contributed by atoms with Gasteiger partial charge in [-0.2, -0.15) is 0 Å². The van der Waals surface area contributed by atoms with Crippen molar-refractivity contribution in [2.45, 2.75) is 4.90 Å². The molecule has 0 spiro atoms. The molecule has 0 fully saturated rings. The molecule has 80 valence electrons. The highest BCUT2D eigenvalue weighted by Crippen LogP contribution is 2.47. The molecule has 0 saturated carbocycles. The molecule has 0 atom stereocenters. The first-order valence-corrected chi connectivity index (χ1v) is 6.15. The lowest BCUT2D eigenvalue weighted by atomic mass is 10.0. The van der Waals surface area contributed by atoms with E-state index >= 15 is 0 Å². The molecule has 0 heterocycles. The maximum Gasteiger partial charge on any atom is 0.0119 e. The fourth-order valence-electron chi connectivity index (χ4n) is 2.79. The van der Waals surface area contributed by atoms with E-state index in [9.17, 15) is 0 Å². The van der Waals surface area contributed by atoms with Crippen LogP contribution in [-0.4, -0.2) is 0 Å². The molecule has 0 N–H and O–H groups in total. The summed E-state index contributed by atoms with van der Waals surface area (Å²) in [5.74, 6) is 0. The fraction of sp³-hybridized carbons (Fsp3) is 0. The maximum atomic E-state index is 4.55. The number of rotatable bonds is 0. The van der Waals surface area contributed by atoms with E-state index in [0.717, 1.165) is 4.90 Å². The number of hydrogen-bond acceptors (Lipinski definition) is 1. The van der Waals surface area contributed by atoms with E-state index in [1.807, 2.05) is 0 Å². The molecule has 1 heteroatoms. The summed E-state index contributed by atoms with van der Waals surface area (Å²) in [5, 5.41) is 2.60. The Morgan fingerprint density at radius 1 is 0.588 bits per heavy atom. The van der Waals surface area contributed by atoms with Crippen LogP contribution in [0.2, 0.25) is 0 Å². The number of fused-ring (bicyclic) bond motifs is 3. The molecule has 0 bridgehead atoms. The standard InChI is InChI=1S/C16H10S/c17-15-9-8-13-11-5-2-1-4-10(11)12-6-3-7-14(15)16(12)13/h1-9,17H. The Balaban J connectivity index is 2.30. The molecule has 0 nitrogen and oxygen atoms in total. The molecular weight excluding hydrogens is 224 g/mol. The Morgan fingerprint density at radius 3 is 2.00 bits per heavy atom. The van der Waals surface area contributed by atoms with E-state index in [1.165, 1.54) is 33.0 Å². The van der Waals surface area contributed by atoms with Crippen molar-refractivity contribution in [3.8, 4) is 22.3 Å². The summed E-state index contributed by atoms with van der Waals surface area (Å²) in [6.07, 6.45) is 0. The van der Waals surface area contributed by atoms with Gasteiger partial charge < -0.3 is 0 Å². The van der Waals surface area contributed by atoms with Gasteiger partial charge in [-0.1, -0.05) is 48.5 Å². The van der Waals surface area contributed by atoms with E-state index in [4.69, 9.17) is 0 Å². The van der Waals surface area contributed by atoms with E-state index in [1.54, 1.807) is 0 Å². The van der Waals surface area contributed by atoms with Gasteiger partial charge in [0.1, 0.15) is 0 Å². The Labute approximate surface area is 105 Å². The third-order valence-corrected chi connectivity index (χ3v) is 3.91. The zero-order valence-corrected chi connectivity index (χ0v) is 10.0. The Bertz CT molecular complexity index is 727. The summed E-state index contributed by atoms with van der Waals surface area (Å²) in [6.45, 7) is 0. The first kappa shape index (κ1) is 9.32. The first-order valence-electron chi connectivity index (χ1n) is 5.71. The van der Waals surface area contributed by atoms with Gasteiger partial charge in [0.05, 0.1) is 0 Å². The van der Waals surface area contributed by atoms with Crippen LogP contribution in [0.5, 0.6) is 0 Å². The highest BCUT2D eigenvalue weighted by Gasteiger charge is 2.20. The Kier molecular flexibility index (Phi) is 1.72. The second-order valence-electron chi connectivity index (χ2n) is 4.41. The molecule has 4 rings (SSSR count). The zero-order chi connectivity index (χ0) is 11.4. The summed E-state index contributed by atoms with van der Waals surface area (Å²) >= 11 is 4.55. The molecule has 17 heavy (non-hydrogen) atoms. The van der Waals surface area contributed by atoms with Crippen LogP contribution >= 0.6 is 12.6 Å². The quantitative estimate of drug-likeness (QED) is 0.416. The molecule has 0 radical (unpaired) electrons. The van der Waals surface area contributed by atoms with Crippen LogP contribution in [0.25, 0.3) is 33.0 Å². The van der Waals surface area contributed by atoms with Gasteiger partial charge in [0.15, 0.2) is 0 Å². The molecule has 0 amide bonds. The van der Waals surface area contributed by atoms with Crippen LogP contribution in [0, 0.1) is 0 Å². The minimum atomic E-state index is 1.05. The zero-order valence-electron chi connectivity index (χ0n) is 9.14. The minimum Gasteiger partial charge on any atom is -0.143 e. The summed E-state index contributed by atoms with van der Waals surface area (Å²) in [4.78, 5) is 1.05. The van der Waals surface area contributed by atoms with Gasteiger partial charge in [0.25, 0.3) is 0 Å². The van der Waals surface area contributed by atoms with Crippen LogP contribution in [0.1, 0.15) is 0 Å². The van der Waals surface area contributed by atoms with Crippen LogP contribution in [-0.2, 0) is 0 Å². The lowest BCUT2D eigenvalue weighted by Crippen LogP contribution is -1.77. The second kappa shape index (κ2) is 3.14. The third kappa shape index (κ3) is 1.10. The van der Waals surface area contributed by atoms with Crippen molar-refractivity contribution in [3.63, 3.8) is 0 Å². The van der Waals surface area contributed by atoms with E-state index in [2.05, 4.69) is 67.2 Å². The average molecular weight is 234 g/mol. The first-order chi connectivity index (χ1) is 8.36. The topological polar surface area (TPSA) is 0 Å². The van der Waals surface area contributed by atoms with Gasteiger partial charge >= 0.3 is 0 Å². The number of benzene rings is 3. The predicted molar refractivity (Wildman–Crippen MR) is 75.6 cm³/mol. The van der Waals surface area contributed by atoms with Gasteiger partial charge in [0.2, 0.25) is 0 Å². The van der Waals surface area contributed by atoms with Crippen molar-refractivity contribution in [2.75, 3.05) is 0 Å². The largest absolute Gasteiger partial charge is 0.143 e. The average Bonchev–Trinajstić information content (AvgIpc) is 2.70. The summed E-state index contributed by atoms with van der Waals surface area (Å²) in [7, 11) is 0. The summed E-state index contributed by atoms with van der Waals surface area (Å²) in [5.41, 5.74) is 5.35. The van der Waals surface area contributed by atoms with E-state index in [-0.39, 0.29) is 0 Å². The van der Waals surface area contributed by atoms with Crippen molar-refractivity contribution in [1.82, 2.24) is 0 Å². The summed E-state index contributed by atoms with van der Waals surface area (Å²) in [6, 6.07) is 19.3. The highest BCUT2D eigenvalue weighted by molar-refractivity contribution is 7.80. The van der Waals surface area contributed by atoms with Crippen molar-refractivity contribution < 1.29 is 0 Å². The fourth-order valence-corrected chi connectivity index (χ4v) is 3.05. The monoisotopic (exact) mass is 234 g/mol. The molecule has 0 saturated heterocycles. The minimum absolute atomic E-state index is 1.05. The predicted octanol–water partition coefficient (Wildman–Crippen LogP) is 4.78. The smallest absolute Gasteiger partial charge is 0.0119 e. The highest BCUT2D eigenvalue weighted by atomic mass is 32.1. The Hall–Kier alpha value is -1.73. The van der Waals surface area contributed by atoms with Crippen LogP contribution in [0.15, 0.2) is 59.5 Å². The van der Waals surface area contributed by atoms with E-state index < -0.39 is 0 Å². The molecule has 0 aromatic heterocycles. The number of thiol groups is 1. The summed E-state index contributed by atoms with van der Waals surface area (Å²) < 4.78 is 0. The Morgan fingerprint density at radius 2 is 1.24 bits per heavy atom. The number of hydrogen-bond donors (Lipinski definition) is 1. The molecule has 1 aliphatic rings. The SMILES string of the molecule is Sc1ccc2c3c(cccc13)-c1ccccc1-2. The van der Waals surface area contributed by atoms with Gasteiger partial charge in [-0.3, -0.25) is 0 Å². The normalized spacial score (nSPS) is 11.8.